The molecule has 0 fully saturated rings. The number of methoxy groups -OCH3 is 1. The van der Waals surface area contributed by atoms with Crippen LogP contribution in [0.2, 0.25) is 5.02 Å². The Labute approximate surface area is 247 Å². The molecule has 0 aliphatic carbocycles. The molecule has 0 aromatic heterocycles. The monoisotopic (exact) mass is 602 g/mol. The van der Waals surface area contributed by atoms with E-state index in [1.54, 1.807) is 57.2 Å². The number of hydrazone groups is 1. The van der Waals surface area contributed by atoms with E-state index in [-0.39, 0.29) is 36.9 Å². The van der Waals surface area contributed by atoms with Crippen molar-refractivity contribution in [2.24, 2.45) is 5.10 Å². The van der Waals surface area contributed by atoms with Crippen LogP contribution < -0.4 is 30.3 Å². The highest BCUT2D eigenvalue weighted by Crippen LogP contribution is 2.34. The van der Waals surface area contributed by atoms with Crippen molar-refractivity contribution in [3.63, 3.8) is 0 Å². The predicted molar refractivity (Wildman–Crippen MR) is 152 cm³/mol. The number of nitrogens with one attached hydrogen (secondary N) is 3. The number of halogens is 1. The molecule has 14 heteroatoms. The van der Waals surface area contributed by atoms with Crippen LogP contribution in [-0.4, -0.2) is 63.6 Å². The maximum Gasteiger partial charge on any atom is 0.344 e. The molecule has 3 N–H and O–H groups in total. The lowest BCUT2D eigenvalue weighted by Crippen LogP contribution is -2.45. The smallest absolute Gasteiger partial charge is 0.344 e. The average Bonchev–Trinajstić information content (AvgIpc) is 2.95. The van der Waals surface area contributed by atoms with Crippen LogP contribution in [0.25, 0.3) is 0 Å². The molecule has 1 aliphatic heterocycles. The van der Waals surface area contributed by atoms with Crippen LogP contribution in [0.1, 0.15) is 37.9 Å². The van der Waals surface area contributed by atoms with Gasteiger partial charge in [-0.05, 0) is 56.7 Å². The molecule has 1 atom stereocenters. The normalized spacial score (nSPS) is 14.5. The standard InChI is InChI=1S/C28H31ClN4O9/c1-5-39-24(35)15-42-20-10-8-19(29)11-18(20)13-30-33-23(34)14-41-21-9-7-17(12-22(21)38-4)26-25(27(36)40-6-2)16(3)31-28(37)32-26/h7-13,26H,5-6,14-15H2,1-4H3,(H,33,34)(H2,31,32,37)/b30-13+/t26-/m1/s1. The van der Waals surface area contributed by atoms with Gasteiger partial charge in [-0.15, -0.1) is 0 Å². The van der Waals surface area contributed by atoms with E-state index in [4.69, 9.17) is 35.3 Å². The zero-order chi connectivity index (χ0) is 30.6. The van der Waals surface area contributed by atoms with Gasteiger partial charge in [0.25, 0.3) is 5.91 Å². The van der Waals surface area contributed by atoms with Gasteiger partial charge in [-0.3, -0.25) is 4.79 Å². The Morgan fingerprint density at radius 1 is 1.00 bits per heavy atom. The molecular weight excluding hydrogens is 572 g/mol. The van der Waals surface area contributed by atoms with Crippen LogP contribution in [-0.2, 0) is 23.9 Å². The van der Waals surface area contributed by atoms with Crippen LogP contribution in [0.5, 0.6) is 17.2 Å². The van der Waals surface area contributed by atoms with Crippen molar-refractivity contribution in [1.29, 1.82) is 0 Å². The summed E-state index contributed by atoms with van der Waals surface area (Å²) in [4.78, 5) is 48.7. The van der Waals surface area contributed by atoms with Gasteiger partial charge >= 0.3 is 18.0 Å². The average molecular weight is 603 g/mol. The summed E-state index contributed by atoms with van der Waals surface area (Å²) in [6.45, 7) is 4.66. The summed E-state index contributed by atoms with van der Waals surface area (Å²) < 4.78 is 26.5. The maximum absolute atomic E-state index is 12.6. The summed E-state index contributed by atoms with van der Waals surface area (Å²) in [5.41, 5.74) is 3.91. The number of hydrogen-bond donors (Lipinski definition) is 3. The predicted octanol–water partition coefficient (Wildman–Crippen LogP) is 3.01. The Hall–Kier alpha value is -4.78. The van der Waals surface area contributed by atoms with Crippen LogP contribution >= 0.6 is 11.6 Å². The number of amides is 3. The molecule has 42 heavy (non-hydrogen) atoms. The molecular formula is C28H31ClN4O9. The summed E-state index contributed by atoms with van der Waals surface area (Å²) in [6.07, 6.45) is 1.31. The third-order valence-corrected chi connectivity index (χ3v) is 5.89. The zero-order valence-corrected chi connectivity index (χ0v) is 24.2. The Balaban J connectivity index is 1.65. The second-order valence-corrected chi connectivity index (χ2v) is 9.00. The molecule has 0 radical (unpaired) electrons. The van der Waals surface area contributed by atoms with E-state index in [0.29, 0.717) is 27.6 Å². The second-order valence-electron chi connectivity index (χ2n) is 8.56. The Bertz CT molecular complexity index is 1390. The molecule has 2 aromatic rings. The van der Waals surface area contributed by atoms with Gasteiger partial charge in [0.2, 0.25) is 0 Å². The van der Waals surface area contributed by atoms with E-state index in [9.17, 15) is 19.2 Å². The molecule has 1 heterocycles. The quantitative estimate of drug-likeness (QED) is 0.178. The number of rotatable bonds is 13. The molecule has 0 bridgehead atoms. The lowest BCUT2D eigenvalue weighted by molar-refractivity contribution is -0.145. The number of urea groups is 1. The summed E-state index contributed by atoms with van der Waals surface area (Å²) in [6, 6.07) is 8.20. The largest absolute Gasteiger partial charge is 0.493 e. The first-order valence-corrected chi connectivity index (χ1v) is 13.2. The number of ether oxygens (including phenoxy) is 5. The third kappa shape index (κ3) is 8.61. The van der Waals surface area contributed by atoms with Crippen LogP contribution in [0.4, 0.5) is 4.79 Å². The minimum absolute atomic E-state index is 0.169. The number of carbonyl (C=O) groups excluding carboxylic acids is 4. The van der Waals surface area contributed by atoms with E-state index < -0.39 is 36.5 Å². The number of allylic oxidation sites excluding steroid dienone is 1. The van der Waals surface area contributed by atoms with Crippen LogP contribution in [0, 0.1) is 0 Å². The van der Waals surface area contributed by atoms with Gasteiger partial charge in [0.05, 0.1) is 38.2 Å². The van der Waals surface area contributed by atoms with Gasteiger partial charge < -0.3 is 34.3 Å². The van der Waals surface area contributed by atoms with Crippen molar-refractivity contribution in [3.8, 4) is 17.2 Å². The minimum Gasteiger partial charge on any atom is -0.493 e. The van der Waals surface area contributed by atoms with Crippen molar-refractivity contribution in [1.82, 2.24) is 16.1 Å². The van der Waals surface area contributed by atoms with Crippen molar-refractivity contribution < 1.29 is 42.9 Å². The second kappa shape index (κ2) is 15.3. The summed E-state index contributed by atoms with van der Waals surface area (Å²) in [5.74, 6) is -0.867. The van der Waals surface area contributed by atoms with Crippen molar-refractivity contribution in [3.05, 3.63) is 63.8 Å². The Kier molecular flexibility index (Phi) is 11.6. The molecule has 1 aliphatic rings. The number of nitrogens with zero attached hydrogens (tertiary/aromatic N) is 1. The van der Waals surface area contributed by atoms with Gasteiger partial charge in [-0.1, -0.05) is 17.7 Å². The summed E-state index contributed by atoms with van der Waals surface area (Å²) in [5, 5.41) is 9.59. The molecule has 3 rings (SSSR count). The van der Waals surface area contributed by atoms with Gasteiger partial charge in [0, 0.05) is 16.3 Å². The highest BCUT2D eigenvalue weighted by atomic mass is 35.5. The summed E-state index contributed by atoms with van der Waals surface area (Å²) >= 11 is 6.05. The van der Waals surface area contributed by atoms with Crippen LogP contribution in [0.15, 0.2) is 52.8 Å². The maximum atomic E-state index is 12.6. The number of benzene rings is 2. The van der Waals surface area contributed by atoms with Gasteiger partial charge in [0.1, 0.15) is 5.75 Å². The Morgan fingerprint density at radius 2 is 1.71 bits per heavy atom. The van der Waals surface area contributed by atoms with Crippen LogP contribution in [0.3, 0.4) is 0 Å². The first-order valence-electron chi connectivity index (χ1n) is 12.8. The fourth-order valence-electron chi connectivity index (χ4n) is 3.85. The van der Waals surface area contributed by atoms with E-state index in [2.05, 4.69) is 21.2 Å². The fourth-order valence-corrected chi connectivity index (χ4v) is 4.03. The van der Waals surface area contributed by atoms with E-state index in [1.165, 1.54) is 13.3 Å². The third-order valence-electron chi connectivity index (χ3n) is 5.66. The number of hydrogen-bond acceptors (Lipinski definition) is 10. The van der Waals surface area contributed by atoms with E-state index in [1.807, 2.05) is 0 Å². The lowest BCUT2D eigenvalue weighted by atomic mass is 9.95. The zero-order valence-electron chi connectivity index (χ0n) is 23.4. The first-order chi connectivity index (χ1) is 20.2. The van der Waals surface area contributed by atoms with Gasteiger partial charge in [-0.2, -0.15) is 5.10 Å². The molecule has 3 amide bonds. The fraction of sp³-hybridized carbons (Fsp3) is 0.321. The van der Waals surface area contributed by atoms with Gasteiger partial charge in [-0.25, -0.2) is 19.8 Å². The van der Waals surface area contributed by atoms with Gasteiger partial charge in [0.15, 0.2) is 24.7 Å². The first kappa shape index (κ1) is 31.7. The molecule has 0 saturated carbocycles. The molecule has 224 valence electrons. The number of esters is 2. The highest BCUT2D eigenvalue weighted by molar-refractivity contribution is 6.30. The van der Waals surface area contributed by atoms with Crippen molar-refractivity contribution >= 4 is 41.7 Å². The lowest BCUT2D eigenvalue weighted by Gasteiger charge is -2.28. The molecule has 0 saturated heterocycles. The molecule has 0 spiro atoms. The molecule has 2 aromatic carbocycles. The molecule has 13 nitrogen and oxygen atoms in total. The van der Waals surface area contributed by atoms with E-state index in [0.717, 1.165) is 0 Å². The molecule has 0 unspecified atom stereocenters. The summed E-state index contributed by atoms with van der Waals surface area (Å²) in [7, 11) is 1.41. The van der Waals surface area contributed by atoms with Crippen molar-refractivity contribution in [2.75, 3.05) is 33.5 Å². The minimum atomic E-state index is -0.795. The SMILES string of the molecule is CCOC(=O)COc1ccc(Cl)cc1/C=N/NC(=O)COc1ccc([C@H]2NC(=O)NC(C)=C2C(=O)OCC)cc1OC. The van der Waals surface area contributed by atoms with Crippen molar-refractivity contribution in [2.45, 2.75) is 26.8 Å². The van der Waals surface area contributed by atoms with E-state index >= 15 is 0 Å². The Morgan fingerprint density at radius 3 is 2.43 bits per heavy atom. The highest BCUT2D eigenvalue weighted by Gasteiger charge is 2.32. The number of carbonyl (C=O) groups is 4. The topological polar surface area (TPSA) is 163 Å².